The molecule has 2 aromatic carbocycles. The van der Waals surface area contributed by atoms with Crippen molar-refractivity contribution < 1.29 is 0 Å². The normalized spacial score (nSPS) is 13.8. The average Bonchev–Trinajstić information content (AvgIpc) is 2.96. The van der Waals surface area contributed by atoms with Crippen molar-refractivity contribution in [1.82, 2.24) is 19.9 Å². The van der Waals surface area contributed by atoms with Crippen LogP contribution in [0.5, 0.6) is 0 Å². The van der Waals surface area contributed by atoms with Crippen molar-refractivity contribution >= 4 is 28.6 Å². The summed E-state index contributed by atoms with van der Waals surface area (Å²) in [6.45, 7) is 5.47. The molecule has 200 valence electrons. The van der Waals surface area contributed by atoms with Crippen LogP contribution in [0.25, 0.3) is 11.0 Å². The maximum atomic E-state index is 13.2. The first kappa shape index (κ1) is 26.9. The van der Waals surface area contributed by atoms with Crippen molar-refractivity contribution in [2.75, 3.05) is 24.5 Å². The molecule has 1 fully saturated rings. The number of anilines is 1. The third-order valence-electron chi connectivity index (χ3n) is 7.20. The second kappa shape index (κ2) is 12.9. The minimum atomic E-state index is -0.0858. The van der Waals surface area contributed by atoms with E-state index in [9.17, 15) is 4.79 Å². The molecule has 0 aliphatic carbocycles. The molecule has 2 aromatic heterocycles. The number of nitrogens with zero attached hydrogens (tertiary/aromatic N) is 4. The maximum absolute atomic E-state index is 13.2. The van der Waals surface area contributed by atoms with Gasteiger partial charge in [-0.15, -0.1) is 0 Å². The van der Waals surface area contributed by atoms with Gasteiger partial charge in [-0.2, -0.15) is 4.98 Å². The van der Waals surface area contributed by atoms with E-state index < -0.39 is 0 Å². The molecule has 0 amide bonds. The summed E-state index contributed by atoms with van der Waals surface area (Å²) in [5, 5.41) is 5.14. The van der Waals surface area contributed by atoms with Gasteiger partial charge in [0.05, 0.1) is 5.39 Å². The summed E-state index contributed by atoms with van der Waals surface area (Å²) in [4.78, 5) is 25.0. The second-order valence-electron chi connectivity index (χ2n) is 10.0. The van der Waals surface area contributed by atoms with E-state index in [2.05, 4.69) is 59.3 Å². The van der Waals surface area contributed by atoms with Crippen LogP contribution in [0.15, 0.2) is 71.7 Å². The quantitative estimate of drug-likeness (QED) is 0.302. The van der Waals surface area contributed by atoms with Crippen LogP contribution in [0, 0.1) is 11.8 Å². The van der Waals surface area contributed by atoms with E-state index in [0.29, 0.717) is 34.8 Å². The molecule has 6 nitrogen and oxygen atoms in total. The third kappa shape index (κ3) is 6.86. The molecule has 1 N–H and O–H groups in total. The maximum Gasteiger partial charge on any atom is 0.253 e. The lowest BCUT2D eigenvalue weighted by Crippen LogP contribution is -2.43. The van der Waals surface area contributed by atoms with Crippen molar-refractivity contribution in [3.05, 3.63) is 98.9 Å². The van der Waals surface area contributed by atoms with E-state index in [1.54, 1.807) is 10.6 Å². The number of rotatable bonds is 8. The molecule has 1 aliphatic heterocycles. The number of unbranched alkanes of at least 4 members (excludes halogenated alkanes) is 1. The molecule has 39 heavy (non-hydrogen) atoms. The fourth-order valence-electron chi connectivity index (χ4n) is 4.99. The lowest BCUT2D eigenvalue weighted by Gasteiger charge is -2.32. The van der Waals surface area contributed by atoms with E-state index in [-0.39, 0.29) is 5.56 Å². The number of hydrogen-bond acceptors (Lipinski definition) is 5. The van der Waals surface area contributed by atoms with E-state index in [4.69, 9.17) is 21.6 Å². The van der Waals surface area contributed by atoms with Gasteiger partial charge in [-0.05, 0) is 56.0 Å². The number of fused-ring (bicyclic) bond motifs is 1. The van der Waals surface area contributed by atoms with Gasteiger partial charge < -0.3 is 10.2 Å². The molecule has 7 heteroatoms. The first-order valence-corrected chi connectivity index (χ1v) is 14.2. The fourth-order valence-corrected chi connectivity index (χ4v) is 5.18. The summed E-state index contributed by atoms with van der Waals surface area (Å²) in [6, 6.07) is 20.1. The number of hydrogen-bond donors (Lipinski definition) is 1. The Morgan fingerprint density at radius 3 is 2.64 bits per heavy atom. The Hall–Kier alpha value is -3.66. The minimum Gasteiger partial charge on any atom is -0.341 e. The molecule has 4 aromatic rings. The smallest absolute Gasteiger partial charge is 0.253 e. The highest BCUT2D eigenvalue weighted by molar-refractivity contribution is 6.30. The van der Waals surface area contributed by atoms with Crippen LogP contribution in [0.4, 0.5) is 5.95 Å². The molecule has 3 heterocycles. The molecular weight excluding hydrogens is 506 g/mol. The summed E-state index contributed by atoms with van der Waals surface area (Å²) < 4.78 is 1.77. The van der Waals surface area contributed by atoms with Crippen molar-refractivity contribution in [3.63, 3.8) is 0 Å². The van der Waals surface area contributed by atoms with Crippen LogP contribution in [-0.4, -0.2) is 40.2 Å². The van der Waals surface area contributed by atoms with Gasteiger partial charge in [0, 0.05) is 54.1 Å². The Morgan fingerprint density at radius 2 is 1.87 bits per heavy atom. The SMILES string of the molecule is CCCCn1c(=O)cc(C#Cc2cccc(Cl)c2)c2cnc(N3CCC(NCCc4ccccc4)CC3)nc21. The van der Waals surface area contributed by atoms with Crippen LogP contribution in [-0.2, 0) is 13.0 Å². The predicted octanol–water partition coefficient (Wildman–Crippen LogP) is 5.45. The molecule has 0 spiro atoms. The number of piperidine rings is 1. The van der Waals surface area contributed by atoms with E-state index in [1.807, 2.05) is 30.5 Å². The molecule has 0 bridgehead atoms. The highest BCUT2D eigenvalue weighted by atomic mass is 35.5. The zero-order chi connectivity index (χ0) is 27.0. The third-order valence-corrected chi connectivity index (χ3v) is 7.44. The van der Waals surface area contributed by atoms with Crippen molar-refractivity contribution in [3.8, 4) is 11.8 Å². The van der Waals surface area contributed by atoms with Gasteiger partial charge in [-0.1, -0.05) is 73.2 Å². The predicted molar refractivity (Wildman–Crippen MR) is 160 cm³/mol. The lowest BCUT2D eigenvalue weighted by molar-refractivity contribution is 0.415. The van der Waals surface area contributed by atoms with Crippen LogP contribution in [0.3, 0.4) is 0 Å². The first-order valence-electron chi connectivity index (χ1n) is 13.8. The molecule has 5 rings (SSSR count). The van der Waals surface area contributed by atoms with Crippen LogP contribution < -0.4 is 15.8 Å². The van der Waals surface area contributed by atoms with Crippen molar-refractivity contribution in [1.29, 1.82) is 0 Å². The van der Waals surface area contributed by atoms with Gasteiger partial charge in [0.2, 0.25) is 5.95 Å². The summed E-state index contributed by atoms with van der Waals surface area (Å²) in [7, 11) is 0. The zero-order valence-electron chi connectivity index (χ0n) is 22.4. The Morgan fingerprint density at radius 1 is 1.05 bits per heavy atom. The van der Waals surface area contributed by atoms with Gasteiger partial charge in [0.25, 0.3) is 5.56 Å². The topological polar surface area (TPSA) is 63.1 Å². The van der Waals surface area contributed by atoms with Gasteiger partial charge in [-0.3, -0.25) is 9.36 Å². The monoisotopic (exact) mass is 539 g/mol. The summed E-state index contributed by atoms with van der Waals surface area (Å²) in [6.07, 6.45) is 6.82. The van der Waals surface area contributed by atoms with Gasteiger partial charge >= 0.3 is 0 Å². The molecule has 0 unspecified atom stereocenters. The van der Waals surface area contributed by atoms with E-state index in [1.165, 1.54) is 5.56 Å². The number of halogens is 1. The van der Waals surface area contributed by atoms with Crippen LogP contribution in [0.2, 0.25) is 5.02 Å². The number of nitrogens with one attached hydrogen (secondary N) is 1. The summed E-state index contributed by atoms with van der Waals surface area (Å²) in [5.41, 5.74) is 3.36. The van der Waals surface area contributed by atoms with Crippen LogP contribution >= 0.6 is 11.6 Å². The molecular formula is C32H34ClN5O. The molecule has 1 aliphatic rings. The Labute approximate surface area is 235 Å². The summed E-state index contributed by atoms with van der Waals surface area (Å²) in [5.74, 6) is 6.98. The average molecular weight is 540 g/mol. The van der Waals surface area contributed by atoms with Gasteiger partial charge in [-0.25, -0.2) is 4.98 Å². The standard InChI is InChI=1S/C32H34ClN5O/c1-2-3-18-38-30(39)22-26(13-12-25-10-7-11-27(33)21-25)29-23-35-32(36-31(29)38)37-19-15-28(16-20-37)34-17-14-24-8-5-4-6-9-24/h4-11,21-23,28,34H,2-3,14-20H2,1H3. The first-order chi connectivity index (χ1) is 19.1. The Kier molecular flexibility index (Phi) is 8.93. The Balaban J connectivity index is 1.34. The number of aryl methyl sites for hydroxylation is 1. The van der Waals surface area contributed by atoms with Crippen molar-refractivity contribution in [2.24, 2.45) is 0 Å². The molecule has 0 atom stereocenters. The molecule has 1 saturated heterocycles. The highest BCUT2D eigenvalue weighted by Crippen LogP contribution is 2.21. The van der Waals surface area contributed by atoms with Crippen LogP contribution in [0.1, 0.15) is 49.3 Å². The Bertz CT molecular complexity index is 1530. The lowest BCUT2D eigenvalue weighted by atomic mass is 10.0. The zero-order valence-corrected chi connectivity index (χ0v) is 23.1. The number of benzene rings is 2. The summed E-state index contributed by atoms with van der Waals surface area (Å²) >= 11 is 6.12. The number of pyridine rings is 1. The largest absolute Gasteiger partial charge is 0.341 e. The van der Waals surface area contributed by atoms with E-state index in [0.717, 1.165) is 62.7 Å². The minimum absolute atomic E-state index is 0.0858. The van der Waals surface area contributed by atoms with E-state index >= 15 is 0 Å². The number of aromatic nitrogens is 3. The molecule has 0 saturated carbocycles. The van der Waals surface area contributed by atoms with Gasteiger partial charge in [0.1, 0.15) is 5.65 Å². The van der Waals surface area contributed by atoms with Crippen molar-refractivity contribution in [2.45, 2.75) is 51.6 Å². The highest BCUT2D eigenvalue weighted by Gasteiger charge is 2.22. The second-order valence-corrected chi connectivity index (χ2v) is 10.5. The molecule has 0 radical (unpaired) electrons. The fraction of sp³-hybridized carbons (Fsp3) is 0.344. The van der Waals surface area contributed by atoms with Gasteiger partial charge in [0.15, 0.2) is 0 Å².